The Bertz CT molecular complexity index is 921. The number of aryl methyl sites for hydroxylation is 2. The lowest BCUT2D eigenvalue weighted by atomic mass is 9.77. The molecule has 2 aromatic rings. The molecular weight excluding hydrogens is 392 g/mol. The summed E-state index contributed by atoms with van der Waals surface area (Å²) in [4.78, 5) is 35.1. The van der Waals surface area contributed by atoms with E-state index in [4.69, 9.17) is 22.1 Å². The predicted molar refractivity (Wildman–Crippen MR) is 110 cm³/mol. The minimum Gasteiger partial charge on any atom is -0.493 e. The first-order valence-electron chi connectivity index (χ1n) is 9.54. The predicted octanol–water partition coefficient (Wildman–Crippen LogP) is 2.92. The van der Waals surface area contributed by atoms with Crippen LogP contribution in [0.5, 0.6) is 5.75 Å². The van der Waals surface area contributed by atoms with E-state index >= 15 is 0 Å². The van der Waals surface area contributed by atoms with Gasteiger partial charge in [-0.25, -0.2) is 9.97 Å². The van der Waals surface area contributed by atoms with Gasteiger partial charge in [-0.05, 0) is 44.9 Å². The van der Waals surface area contributed by atoms with Gasteiger partial charge >= 0.3 is 0 Å². The van der Waals surface area contributed by atoms with Crippen molar-refractivity contribution in [2.75, 3.05) is 19.7 Å². The van der Waals surface area contributed by atoms with E-state index in [1.54, 1.807) is 43.1 Å². The highest BCUT2D eigenvalue weighted by molar-refractivity contribution is 6.30. The average Bonchev–Trinajstić information content (AvgIpc) is 2.66. The zero-order chi connectivity index (χ0) is 21.0. The Labute approximate surface area is 175 Å². The zero-order valence-corrected chi connectivity index (χ0v) is 17.4. The number of primary amides is 1. The summed E-state index contributed by atoms with van der Waals surface area (Å²) in [7, 11) is 0. The van der Waals surface area contributed by atoms with Crippen LogP contribution in [0.4, 0.5) is 0 Å². The van der Waals surface area contributed by atoms with Crippen LogP contribution in [0.2, 0.25) is 5.02 Å². The van der Waals surface area contributed by atoms with E-state index in [1.165, 1.54) is 0 Å². The number of aromatic nitrogens is 2. The quantitative estimate of drug-likeness (QED) is 0.780. The first kappa shape index (κ1) is 21.0. The molecule has 1 aliphatic rings. The summed E-state index contributed by atoms with van der Waals surface area (Å²) < 4.78 is 5.95. The number of carbonyl (C=O) groups excluding carboxylic acids is 2. The molecular formula is C21H25ClN4O3. The molecule has 1 aliphatic heterocycles. The number of benzene rings is 1. The van der Waals surface area contributed by atoms with Crippen molar-refractivity contribution in [2.24, 2.45) is 11.1 Å². The van der Waals surface area contributed by atoms with Crippen LogP contribution >= 0.6 is 11.6 Å². The number of amides is 2. The first-order chi connectivity index (χ1) is 13.8. The second-order valence-electron chi connectivity index (χ2n) is 7.64. The zero-order valence-electron chi connectivity index (χ0n) is 16.7. The van der Waals surface area contributed by atoms with Crippen molar-refractivity contribution >= 4 is 23.4 Å². The van der Waals surface area contributed by atoms with E-state index in [2.05, 4.69) is 9.97 Å². The highest BCUT2D eigenvalue weighted by Gasteiger charge is 2.40. The third-order valence-electron chi connectivity index (χ3n) is 5.17. The van der Waals surface area contributed by atoms with Crippen molar-refractivity contribution in [2.45, 2.75) is 33.1 Å². The van der Waals surface area contributed by atoms with E-state index in [0.29, 0.717) is 40.9 Å². The monoisotopic (exact) mass is 416 g/mol. The van der Waals surface area contributed by atoms with Gasteiger partial charge in [0, 0.05) is 36.1 Å². The molecule has 0 aliphatic carbocycles. The molecule has 7 nitrogen and oxygen atoms in total. The van der Waals surface area contributed by atoms with Crippen molar-refractivity contribution in [3.8, 4) is 5.75 Å². The molecule has 1 aromatic heterocycles. The number of nitrogens with two attached hydrogens (primary N) is 1. The maximum atomic E-state index is 13.1. The lowest BCUT2D eigenvalue weighted by Gasteiger charge is -2.42. The van der Waals surface area contributed by atoms with E-state index in [9.17, 15) is 9.59 Å². The lowest BCUT2D eigenvalue weighted by Crippen LogP contribution is -2.50. The molecule has 1 atom stereocenters. The number of hydrogen-bond donors (Lipinski definition) is 1. The minimum atomic E-state index is -0.554. The SMILES string of the molecule is Cc1ncc(C(=O)N2CCCC(COc3cccc(Cl)c3)(CC(N)=O)C2)c(C)n1. The summed E-state index contributed by atoms with van der Waals surface area (Å²) in [6.07, 6.45) is 3.20. The first-order valence-corrected chi connectivity index (χ1v) is 9.92. The van der Waals surface area contributed by atoms with Crippen LogP contribution in [0.3, 0.4) is 0 Å². The topological polar surface area (TPSA) is 98.4 Å². The van der Waals surface area contributed by atoms with E-state index in [1.807, 2.05) is 6.07 Å². The number of piperidine rings is 1. The molecule has 0 radical (unpaired) electrons. The molecule has 1 fully saturated rings. The van der Waals surface area contributed by atoms with Crippen LogP contribution in [0.25, 0.3) is 0 Å². The number of halogens is 1. The number of ether oxygens (including phenoxy) is 1. The van der Waals surface area contributed by atoms with E-state index < -0.39 is 11.3 Å². The Morgan fingerprint density at radius 3 is 2.83 bits per heavy atom. The summed E-state index contributed by atoms with van der Waals surface area (Å²) in [5.74, 6) is 0.686. The van der Waals surface area contributed by atoms with Crippen LogP contribution in [-0.2, 0) is 4.79 Å². The molecule has 8 heteroatoms. The van der Waals surface area contributed by atoms with Gasteiger partial charge in [0.15, 0.2) is 0 Å². The maximum Gasteiger partial charge on any atom is 0.257 e. The Hall–Kier alpha value is -2.67. The number of likely N-dealkylation sites (tertiary alicyclic amines) is 1. The molecule has 29 heavy (non-hydrogen) atoms. The van der Waals surface area contributed by atoms with Crippen molar-refractivity contribution in [3.63, 3.8) is 0 Å². The van der Waals surface area contributed by atoms with Gasteiger partial charge in [0.25, 0.3) is 5.91 Å². The van der Waals surface area contributed by atoms with Crippen LogP contribution < -0.4 is 10.5 Å². The van der Waals surface area contributed by atoms with Crippen LogP contribution in [-0.4, -0.2) is 46.4 Å². The molecule has 0 spiro atoms. The summed E-state index contributed by atoms with van der Waals surface area (Å²) in [6, 6.07) is 7.09. The van der Waals surface area contributed by atoms with Gasteiger partial charge < -0.3 is 15.4 Å². The third kappa shape index (κ3) is 5.23. The van der Waals surface area contributed by atoms with Crippen molar-refractivity contribution in [1.29, 1.82) is 0 Å². The van der Waals surface area contributed by atoms with Gasteiger partial charge in [-0.15, -0.1) is 0 Å². The number of rotatable bonds is 6. The third-order valence-corrected chi connectivity index (χ3v) is 5.40. The summed E-state index contributed by atoms with van der Waals surface area (Å²) in [5, 5.41) is 0.571. The highest BCUT2D eigenvalue weighted by atomic mass is 35.5. The van der Waals surface area contributed by atoms with Gasteiger partial charge in [-0.3, -0.25) is 9.59 Å². The number of nitrogens with zero attached hydrogens (tertiary/aromatic N) is 3. The maximum absolute atomic E-state index is 13.1. The largest absolute Gasteiger partial charge is 0.493 e. The Morgan fingerprint density at radius 2 is 2.14 bits per heavy atom. The molecule has 1 saturated heterocycles. The molecule has 154 valence electrons. The van der Waals surface area contributed by atoms with Gasteiger partial charge in [0.2, 0.25) is 5.91 Å². The van der Waals surface area contributed by atoms with Crippen LogP contribution in [0.1, 0.15) is 41.1 Å². The van der Waals surface area contributed by atoms with Crippen molar-refractivity contribution < 1.29 is 14.3 Å². The Balaban J connectivity index is 1.79. The fraction of sp³-hybridized carbons (Fsp3) is 0.429. The normalized spacial score (nSPS) is 19.1. The average molecular weight is 417 g/mol. The van der Waals surface area contributed by atoms with Crippen molar-refractivity contribution in [3.05, 3.63) is 52.6 Å². The smallest absolute Gasteiger partial charge is 0.257 e. The van der Waals surface area contributed by atoms with Crippen molar-refractivity contribution in [1.82, 2.24) is 14.9 Å². The Morgan fingerprint density at radius 1 is 1.34 bits per heavy atom. The number of carbonyl (C=O) groups is 2. The standard InChI is InChI=1S/C21H25ClN4O3/c1-14-18(11-24-15(2)25-14)20(28)26-8-4-7-21(12-26,10-19(23)27)13-29-17-6-3-5-16(22)9-17/h3,5-6,9,11H,4,7-8,10,12-13H2,1-2H3,(H2,23,27). The highest BCUT2D eigenvalue weighted by Crippen LogP contribution is 2.35. The van der Waals surface area contributed by atoms with Gasteiger partial charge in [0.1, 0.15) is 11.6 Å². The Kier molecular flexibility index (Phi) is 6.37. The van der Waals surface area contributed by atoms with Gasteiger partial charge in [-0.2, -0.15) is 0 Å². The van der Waals surface area contributed by atoms with Crippen LogP contribution in [0, 0.1) is 19.3 Å². The van der Waals surface area contributed by atoms with Gasteiger partial charge in [-0.1, -0.05) is 17.7 Å². The summed E-state index contributed by atoms with van der Waals surface area (Å²) >= 11 is 6.02. The summed E-state index contributed by atoms with van der Waals surface area (Å²) in [6.45, 7) is 4.83. The number of hydrogen-bond acceptors (Lipinski definition) is 5. The van der Waals surface area contributed by atoms with E-state index in [0.717, 1.165) is 12.8 Å². The fourth-order valence-electron chi connectivity index (χ4n) is 3.82. The van der Waals surface area contributed by atoms with Crippen LogP contribution in [0.15, 0.2) is 30.5 Å². The molecule has 0 saturated carbocycles. The molecule has 2 heterocycles. The van der Waals surface area contributed by atoms with E-state index in [-0.39, 0.29) is 18.9 Å². The van der Waals surface area contributed by atoms with Gasteiger partial charge in [0.05, 0.1) is 17.9 Å². The molecule has 2 amide bonds. The molecule has 0 bridgehead atoms. The second-order valence-corrected chi connectivity index (χ2v) is 8.07. The molecule has 3 rings (SSSR count). The minimum absolute atomic E-state index is 0.140. The molecule has 1 unspecified atom stereocenters. The molecule has 2 N–H and O–H groups in total. The fourth-order valence-corrected chi connectivity index (χ4v) is 4.00. The molecule has 1 aromatic carbocycles. The summed E-state index contributed by atoms with van der Waals surface area (Å²) in [5.41, 5.74) is 6.10. The lowest BCUT2D eigenvalue weighted by molar-refractivity contribution is -0.122. The second kappa shape index (κ2) is 8.78.